The minimum atomic E-state index is -2.79. The topological polar surface area (TPSA) is 81.4 Å². The lowest BCUT2D eigenvalue weighted by Crippen LogP contribution is -2.41. The van der Waals surface area contributed by atoms with Crippen molar-refractivity contribution in [3.05, 3.63) is 59.9 Å². The fourth-order valence-electron chi connectivity index (χ4n) is 4.95. The van der Waals surface area contributed by atoms with E-state index in [9.17, 15) is 8.78 Å². The molecule has 0 radical (unpaired) electrons. The second-order valence-electron chi connectivity index (χ2n) is 9.55. The van der Waals surface area contributed by atoms with Gasteiger partial charge >= 0.3 is 0 Å². The molecule has 0 spiro atoms. The van der Waals surface area contributed by atoms with Crippen molar-refractivity contribution < 1.29 is 18.3 Å². The number of piperidine rings is 1. The van der Waals surface area contributed by atoms with Gasteiger partial charge in [0.2, 0.25) is 17.8 Å². The monoisotopic (exact) mass is 521 g/mol. The lowest BCUT2D eigenvalue weighted by molar-refractivity contribution is 0.122. The summed E-state index contributed by atoms with van der Waals surface area (Å²) in [5, 5.41) is 0. The Bertz CT molecular complexity index is 1420. The van der Waals surface area contributed by atoms with E-state index in [1.54, 1.807) is 24.3 Å². The number of benzene rings is 2. The van der Waals surface area contributed by atoms with Crippen molar-refractivity contribution in [1.29, 1.82) is 0 Å². The third kappa shape index (κ3) is 4.98. The second kappa shape index (κ2) is 10.5. The summed E-state index contributed by atoms with van der Waals surface area (Å²) in [5.74, 6) is 1.53. The summed E-state index contributed by atoms with van der Waals surface area (Å²) < 4.78 is 41.3. The van der Waals surface area contributed by atoms with Crippen molar-refractivity contribution in [1.82, 2.24) is 24.5 Å². The van der Waals surface area contributed by atoms with Crippen molar-refractivity contribution >= 4 is 22.9 Å². The summed E-state index contributed by atoms with van der Waals surface area (Å²) in [4.78, 5) is 22.4. The van der Waals surface area contributed by atoms with Crippen LogP contribution >= 0.6 is 0 Å². The van der Waals surface area contributed by atoms with E-state index in [0.29, 0.717) is 62.3 Å². The molecular formula is C27H29F2N7O2. The molecule has 4 heterocycles. The number of hydrogen-bond acceptors (Lipinski definition) is 8. The highest BCUT2D eigenvalue weighted by Crippen LogP contribution is 2.29. The van der Waals surface area contributed by atoms with Gasteiger partial charge in [-0.25, -0.2) is 13.8 Å². The van der Waals surface area contributed by atoms with E-state index in [4.69, 9.17) is 19.4 Å². The third-order valence-corrected chi connectivity index (χ3v) is 6.89. The first-order valence-corrected chi connectivity index (χ1v) is 12.9. The van der Waals surface area contributed by atoms with E-state index in [-0.39, 0.29) is 17.9 Å². The standard InChI is InChI=1S/C27H29F2N7O2/c1-18-5-4-6-20(17-18)38-19-9-11-34(12-10-19)25-31-26(35-13-15-37-16-14-35)33-27(32-25)36-22-8-3-2-7-21(22)30-24(36)23(28)29/h2-8,17,19,23H,9-16H2,1H3. The van der Waals surface area contributed by atoms with Crippen LogP contribution in [0.25, 0.3) is 17.0 Å². The highest BCUT2D eigenvalue weighted by Gasteiger charge is 2.27. The van der Waals surface area contributed by atoms with Crippen LogP contribution in [0.1, 0.15) is 30.7 Å². The number of rotatable bonds is 6. The van der Waals surface area contributed by atoms with Gasteiger partial charge in [-0.15, -0.1) is 0 Å². The molecule has 0 N–H and O–H groups in total. The minimum Gasteiger partial charge on any atom is -0.490 e. The zero-order chi connectivity index (χ0) is 26.1. The molecule has 0 amide bonds. The summed E-state index contributed by atoms with van der Waals surface area (Å²) in [6.07, 6.45) is -1.13. The number of nitrogens with zero attached hydrogens (tertiary/aromatic N) is 7. The number of para-hydroxylation sites is 2. The van der Waals surface area contributed by atoms with Crippen LogP contribution in [-0.2, 0) is 4.74 Å². The molecule has 0 saturated carbocycles. The molecule has 2 aliphatic rings. The lowest BCUT2D eigenvalue weighted by atomic mass is 10.1. The molecule has 6 rings (SSSR count). The number of fused-ring (bicyclic) bond motifs is 1. The maximum Gasteiger partial charge on any atom is 0.296 e. The maximum absolute atomic E-state index is 14.1. The largest absolute Gasteiger partial charge is 0.490 e. The number of anilines is 2. The summed E-state index contributed by atoms with van der Waals surface area (Å²) in [7, 11) is 0. The van der Waals surface area contributed by atoms with E-state index in [2.05, 4.69) is 14.9 Å². The molecule has 0 atom stereocenters. The smallest absolute Gasteiger partial charge is 0.296 e. The van der Waals surface area contributed by atoms with Crippen LogP contribution in [0.15, 0.2) is 48.5 Å². The third-order valence-electron chi connectivity index (χ3n) is 6.89. The Morgan fingerprint density at radius 3 is 2.24 bits per heavy atom. The summed E-state index contributed by atoms with van der Waals surface area (Å²) in [5.41, 5.74) is 2.15. The fraction of sp³-hybridized carbons (Fsp3) is 0.407. The van der Waals surface area contributed by atoms with Crippen LogP contribution in [0.2, 0.25) is 0 Å². The van der Waals surface area contributed by atoms with Crippen molar-refractivity contribution in [2.75, 3.05) is 49.2 Å². The van der Waals surface area contributed by atoms with E-state index in [0.717, 1.165) is 24.2 Å². The van der Waals surface area contributed by atoms with Crippen LogP contribution in [0.5, 0.6) is 5.75 Å². The zero-order valence-corrected chi connectivity index (χ0v) is 21.1. The second-order valence-corrected chi connectivity index (χ2v) is 9.55. The molecule has 2 saturated heterocycles. The molecule has 0 unspecified atom stereocenters. The Morgan fingerprint density at radius 1 is 0.842 bits per heavy atom. The van der Waals surface area contributed by atoms with Gasteiger partial charge in [-0.3, -0.25) is 4.57 Å². The number of imidazole rings is 1. The normalized spacial score (nSPS) is 16.9. The highest BCUT2D eigenvalue weighted by atomic mass is 19.3. The fourth-order valence-corrected chi connectivity index (χ4v) is 4.95. The van der Waals surface area contributed by atoms with E-state index >= 15 is 0 Å². The lowest BCUT2D eigenvalue weighted by Gasteiger charge is -2.33. The molecule has 0 bridgehead atoms. The van der Waals surface area contributed by atoms with Gasteiger partial charge in [-0.2, -0.15) is 15.0 Å². The average Bonchev–Trinajstić information content (AvgIpc) is 3.34. The van der Waals surface area contributed by atoms with Gasteiger partial charge in [0.05, 0.1) is 24.2 Å². The molecule has 0 aliphatic carbocycles. The van der Waals surface area contributed by atoms with Crippen molar-refractivity contribution in [2.45, 2.75) is 32.3 Å². The SMILES string of the molecule is Cc1cccc(OC2CCN(c3nc(N4CCOCC4)nc(-n4c(C(F)F)nc5ccccc54)n3)CC2)c1. The molecule has 38 heavy (non-hydrogen) atoms. The molecule has 9 nitrogen and oxygen atoms in total. The minimum absolute atomic E-state index is 0.0797. The molecule has 2 fully saturated rings. The van der Waals surface area contributed by atoms with Crippen molar-refractivity contribution in [2.24, 2.45) is 0 Å². The number of ether oxygens (including phenoxy) is 2. The van der Waals surface area contributed by atoms with Crippen LogP contribution in [-0.4, -0.2) is 70.0 Å². The Hall–Kier alpha value is -3.86. The molecular weight excluding hydrogens is 492 g/mol. The number of morpholine rings is 1. The van der Waals surface area contributed by atoms with Gasteiger partial charge in [-0.05, 0) is 36.8 Å². The molecule has 2 aromatic carbocycles. The predicted molar refractivity (Wildman–Crippen MR) is 139 cm³/mol. The van der Waals surface area contributed by atoms with E-state index in [1.165, 1.54) is 4.57 Å². The number of halogens is 2. The number of aromatic nitrogens is 5. The van der Waals surface area contributed by atoms with Crippen LogP contribution in [0.4, 0.5) is 20.7 Å². The zero-order valence-electron chi connectivity index (χ0n) is 21.1. The summed E-state index contributed by atoms with van der Waals surface area (Å²) in [6, 6.07) is 15.1. The van der Waals surface area contributed by atoms with Gasteiger partial charge in [0.25, 0.3) is 6.43 Å². The summed E-state index contributed by atoms with van der Waals surface area (Å²) in [6.45, 7) is 5.72. The number of hydrogen-bond donors (Lipinski definition) is 0. The quantitative estimate of drug-likeness (QED) is 0.371. The van der Waals surface area contributed by atoms with Gasteiger partial charge in [0, 0.05) is 39.0 Å². The average molecular weight is 522 g/mol. The molecule has 4 aromatic rings. The Balaban J connectivity index is 1.33. The number of aryl methyl sites for hydroxylation is 1. The summed E-state index contributed by atoms with van der Waals surface area (Å²) >= 11 is 0. The first-order valence-electron chi connectivity index (χ1n) is 12.9. The molecule has 2 aliphatic heterocycles. The van der Waals surface area contributed by atoms with Crippen LogP contribution in [0.3, 0.4) is 0 Å². The van der Waals surface area contributed by atoms with Gasteiger partial charge < -0.3 is 19.3 Å². The van der Waals surface area contributed by atoms with Crippen LogP contribution in [0, 0.1) is 6.92 Å². The first-order chi connectivity index (χ1) is 18.5. The Morgan fingerprint density at radius 2 is 1.53 bits per heavy atom. The Labute approximate surface area is 219 Å². The Kier molecular flexibility index (Phi) is 6.75. The maximum atomic E-state index is 14.1. The van der Waals surface area contributed by atoms with E-state index < -0.39 is 6.43 Å². The molecule has 2 aromatic heterocycles. The number of alkyl halides is 2. The van der Waals surface area contributed by atoms with Crippen LogP contribution < -0.4 is 14.5 Å². The van der Waals surface area contributed by atoms with Crippen molar-refractivity contribution in [3.8, 4) is 11.7 Å². The van der Waals surface area contributed by atoms with Crippen molar-refractivity contribution in [3.63, 3.8) is 0 Å². The highest BCUT2D eigenvalue weighted by molar-refractivity contribution is 5.77. The first kappa shape index (κ1) is 24.5. The van der Waals surface area contributed by atoms with Gasteiger partial charge in [0.15, 0.2) is 5.82 Å². The van der Waals surface area contributed by atoms with Gasteiger partial charge in [-0.1, -0.05) is 24.3 Å². The van der Waals surface area contributed by atoms with E-state index in [1.807, 2.05) is 36.1 Å². The predicted octanol–water partition coefficient (Wildman–Crippen LogP) is 4.34. The molecule has 198 valence electrons. The molecule has 11 heteroatoms. The van der Waals surface area contributed by atoms with Gasteiger partial charge in [0.1, 0.15) is 11.9 Å².